The number of benzene rings is 2. The number of nitrogens with one attached hydrogen (secondary N) is 1. The third-order valence-corrected chi connectivity index (χ3v) is 7.67. The molecule has 31 heavy (non-hydrogen) atoms. The summed E-state index contributed by atoms with van der Waals surface area (Å²) in [5.41, 5.74) is 1.40. The molecular formula is C23H28FN3O3S. The third-order valence-electron chi connectivity index (χ3n) is 6.29. The van der Waals surface area contributed by atoms with Crippen LogP contribution >= 0.6 is 0 Å². The molecule has 1 aliphatic heterocycles. The molecule has 0 bridgehead atoms. The maximum atomic E-state index is 13.2. The minimum absolute atomic E-state index is 0.00960. The minimum atomic E-state index is -3.90. The number of nitrogens with zero attached hydrogens (tertiary/aromatic N) is 2. The van der Waals surface area contributed by atoms with E-state index in [-0.39, 0.29) is 16.5 Å². The minimum Gasteiger partial charge on any atom is -0.336 e. The molecular weight excluding hydrogens is 417 g/mol. The topological polar surface area (TPSA) is 69.7 Å². The van der Waals surface area contributed by atoms with E-state index in [1.54, 1.807) is 6.07 Å². The van der Waals surface area contributed by atoms with Gasteiger partial charge in [-0.15, -0.1) is 0 Å². The number of hydrogen-bond donors (Lipinski definition) is 1. The van der Waals surface area contributed by atoms with Gasteiger partial charge >= 0.3 is 0 Å². The van der Waals surface area contributed by atoms with E-state index >= 15 is 0 Å². The van der Waals surface area contributed by atoms with Gasteiger partial charge in [-0.1, -0.05) is 18.9 Å². The summed E-state index contributed by atoms with van der Waals surface area (Å²) < 4.78 is 41.1. The number of carbonyl (C=O) groups excluding carboxylic acids is 1. The smallest absolute Gasteiger partial charge is 0.261 e. The second-order valence-corrected chi connectivity index (χ2v) is 10.0. The Bertz CT molecular complexity index is 1040. The van der Waals surface area contributed by atoms with E-state index in [0.717, 1.165) is 18.7 Å². The van der Waals surface area contributed by atoms with Crippen molar-refractivity contribution in [2.45, 2.75) is 43.5 Å². The molecule has 1 saturated heterocycles. The maximum Gasteiger partial charge on any atom is 0.261 e. The summed E-state index contributed by atoms with van der Waals surface area (Å²) in [6, 6.07) is 10.3. The van der Waals surface area contributed by atoms with Crippen molar-refractivity contribution in [1.82, 2.24) is 9.80 Å². The fourth-order valence-electron chi connectivity index (χ4n) is 4.46. The summed E-state index contributed by atoms with van der Waals surface area (Å²) in [5.74, 6) is -0.582. The Balaban J connectivity index is 1.48. The van der Waals surface area contributed by atoms with Gasteiger partial charge in [0.1, 0.15) is 5.82 Å². The molecule has 166 valence electrons. The Morgan fingerprint density at radius 2 is 1.65 bits per heavy atom. The first-order chi connectivity index (χ1) is 14.8. The summed E-state index contributed by atoms with van der Waals surface area (Å²) >= 11 is 0. The molecule has 1 aliphatic carbocycles. The van der Waals surface area contributed by atoms with Crippen LogP contribution in [0.2, 0.25) is 0 Å². The normalized spacial score (nSPS) is 18.3. The SMILES string of the molecule is Cc1ccc(S(=O)(=O)Nc2ccc(F)cc2)cc1C(=O)N1CCN(C2CCCC2)CC1. The van der Waals surface area contributed by atoms with Crippen LogP contribution in [0.3, 0.4) is 0 Å². The standard InChI is InChI=1S/C23H28FN3O3S/c1-17-6-11-21(31(29,30)25-19-9-7-18(24)8-10-19)16-22(17)23(28)27-14-12-26(13-15-27)20-4-2-3-5-20/h6-11,16,20,25H,2-5,12-15H2,1H3. The first-order valence-corrected chi connectivity index (χ1v) is 12.2. The van der Waals surface area contributed by atoms with Crippen LogP contribution in [0.5, 0.6) is 0 Å². The molecule has 0 spiro atoms. The maximum absolute atomic E-state index is 13.2. The molecule has 2 aliphatic rings. The average Bonchev–Trinajstić information content (AvgIpc) is 3.30. The zero-order valence-corrected chi connectivity index (χ0v) is 18.5. The lowest BCUT2D eigenvalue weighted by molar-refractivity contribution is 0.0572. The number of sulfonamides is 1. The van der Waals surface area contributed by atoms with E-state index in [2.05, 4.69) is 9.62 Å². The highest BCUT2D eigenvalue weighted by atomic mass is 32.2. The first-order valence-electron chi connectivity index (χ1n) is 10.8. The van der Waals surface area contributed by atoms with Crippen LogP contribution in [-0.2, 0) is 10.0 Å². The van der Waals surface area contributed by atoms with Gasteiger partial charge in [-0.3, -0.25) is 14.4 Å². The molecule has 1 N–H and O–H groups in total. The largest absolute Gasteiger partial charge is 0.336 e. The highest BCUT2D eigenvalue weighted by Crippen LogP contribution is 2.25. The second kappa shape index (κ2) is 8.96. The highest BCUT2D eigenvalue weighted by Gasteiger charge is 2.29. The number of rotatable bonds is 5. The van der Waals surface area contributed by atoms with E-state index in [1.807, 2.05) is 11.8 Å². The predicted octanol–water partition coefficient (Wildman–Crippen LogP) is 3.64. The van der Waals surface area contributed by atoms with Gasteiger partial charge in [0.05, 0.1) is 4.90 Å². The van der Waals surface area contributed by atoms with Crippen molar-refractivity contribution in [3.63, 3.8) is 0 Å². The fourth-order valence-corrected chi connectivity index (χ4v) is 5.55. The van der Waals surface area contributed by atoms with Crippen LogP contribution in [0.4, 0.5) is 10.1 Å². The number of hydrogen-bond acceptors (Lipinski definition) is 4. The lowest BCUT2D eigenvalue weighted by Gasteiger charge is -2.38. The first kappa shape index (κ1) is 21.8. The summed E-state index contributed by atoms with van der Waals surface area (Å²) in [6.45, 7) is 4.84. The molecule has 1 saturated carbocycles. The Labute approximate surface area is 183 Å². The quantitative estimate of drug-likeness (QED) is 0.763. The van der Waals surface area contributed by atoms with Crippen molar-refractivity contribution in [2.24, 2.45) is 0 Å². The predicted molar refractivity (Wildman–Crippen MR) is 118 cm³/mol. The molecule has 0 unspecified atom stereocenters. The number of carbonyl (C=O) groups is 1. The highest BCUT2D eigenvalue weighted by molar-refractivity contribution is 7.92. The summed E-state index contributed by atoms with van der Waals surface area (Å²) in [6.07, 6.45) is 5.06. The molecule has 0 atom stereocenters. The Morgan fingerprint density at radius 1 is 1.00 bits per heavy atom. The summed E-state index contributed by atoms with van der Waals surface area (Å²) in [4.78, 5) is 17.5. The Morgan fingerprint density at radius 3 is 2.29 bits per heavy atom. The Kier molecular flexibility index (Phi) is 6.29. The van der Waals surface area contributed by atoms with Gasteiger partial charge in [-0.2, -0.15) is 0 Å². The molecule has 2 fully saturated rings. The van der Waals surface area contributed by atoms with Gasteiger partial charge in [0, 0.05) is 43.5 Å². The Hall–Kier alpha value is -2.45. The zero-order valence-electron chi connectivity index (χ0n) is 17.7. The number of halogens is 1. The van der Waals surface area contributed by atoms with Crippen molar-refractivity contribution in [3.05, 3.63) is 59.4 Å². The van der Waals surface area contributed by atoms with Crippen LogP contribution in [-0.4, -0.2) is 56.3 Å². The molecule has 6 nitrogen and oxygen atoms in total. The lowest BCUT2D eigenvalue weighted by atomic mass is 10.1. The molecule has 8 heteroatoms. The van der Waals surface area contributed by atoms with E-state index in [0.29, 0.717) is 24.7 Å². The lowest BCUT2D eigenvalue weighted by Crippen LogP contribution is -2.51. The van der Waals surface area contributed by atoms with E-state index in [1.165, 1.54) is 62.1 Å². The molecule has 0 radical (unpaired) electrons. The van der Waals surface area contributed by atoms with E-state index in [4.69, 9.17) is 0 Å². The van der Waals surface area contributed by atoms with Crippen molar-refractivity contribution >= 4 is 21.6 Å². The van der Waals surface area contributed by atoms with Crippen LogP contribution in [0.25, 0.3) is 0 Å². The van der Waals surface area contributed by atoms with E-state index in [9.17, 15) is 17.6 Å². The van der Waals surface area contributed by atoms with E-state index < -0.39 is 15.8 Å². The molecule has 2 aromatic carbocycles. The molecule has 1 heterocycles. The van der Waals surface area contributed by atoms with Gasteiger partial charge in [-0.05, 0) is 61.7 Å². The number of anilines is 1. The number of aryl methyl sites for hydroxylation is 1. The van der Waals surface area contributed by atoms with Crippen LogP contribution in [0.15, 0.2) is 47.4 Å². The third kappa shape index (κ3) is 4.91. The van der Waals surface area contributed by atoms with Gasteiger partial charge in [0.25, 0.3) is 15.9 Å². The van der Waals surface area contributed by atoms with Gasteiger partial charge in [0.15, 0.2) is 0 Å². The second-order valence-electron chi connectivity index (χ2n) is 8.36. The molecule has 2 aromatic rings. The van der Waals surface area contributed by atoms with Gasteiger partial charge in [0.2, 0.25) is 0 Å². The van der Waals surface area contributed by atoms with Crippen molar-refractivity contribution in [2.75, 3.05) is 30.9 Å². The monoisotopic (exact) mass is 445 g/mol. The van der Waals surface area contributed by atoms with Crippen molar-refractivity contribution in [1.29, 1.82) is 0 Å². The van der Waals surface area contributed by atoms with Crippen LogP contribution in [0, 0.1) is 12.7 Å². The van der Waals surface area contributed by atoms with Gasteiger partial charge < -0.3 is 4.90 Å². The molecule has 4 rings (SSSR count). The van der Waals surface area contributed by atoms with Crippen molar-refractivity contribution in [3.8, 4) is 0 Å². The number of piperazine rings is 1. The molecule has 0 aromatic heterocycles. The van der Waals surface area contributed by atoms with Crippen LogP contribution < -0.4 is 4.72 Å². The van der Waals surface area contributed by atoms with Crippen molar-refractivity contribution < 1.29 is 17.6 Å². The van der Waals surface area contributed by atoms with Crippen LogP contribution in [0.1, 0.15) is 41.6 Å². The van der Waals surface area contributed by atoms with Gasteiger partial charge in [-0.25, -0.2) is 12.8 Å². The number of amides is 1. The average molecular weight is 446 g/mol. The zero-order chi connectivity index (χ0) is 22.0. The molecule has 1 amide bonds. The summed E-state index contributed by atoms with van der Waals surface area (Å²) in [5, 5.41) is 0. The fraction of sp³-hybridized carbons (Fsp3) is 0.435. The summed E-state index contributed by atoms with van der Waals surface area (Å²) in [7, 11) is -3.90.